The molecule has 0 nitrogen and oxygen atoms in total. The Bertz CT molecular complexity index is 578. The minimum Gasteiger partial charge on any atom is -0.0683 e. The molecule has 0 radical (unpaired) electrons. The average molecular weight is 250 g/mol. The normalized spacial score (nSPS) is 8.89. The quantitative estimate of drug-likeness (QED) is 0.575. The Balaban J connectivity index is 0.000000861. The Morgan fingerprint density at radius 3 is 1.74 bits per heavy atom. The Labute approximate surface area is 117 Å². The molecular formula is C19H22. The lowest BCUT2D eigenvalue weighted by Crippen LogP contribution is -1.82. The molecule has 0 heterocycles. The molecule has 0 atom stereocenters. The molecule has 0 amide bonds. The third kappa shape index (κ3) is 4.64. The van der Waals surface area contributed by atoms with E-state index in [0.29, 0.717) is 0 Å². The summed E-state index contributed by atoms with van der Waals surface area (Å²) in [6.45, 7) is 10.3. The number of benzene rings is 2. The first-order valence-corrected chi connectivity index (χ1v) is 6.81. The van der Waals surface area contributed by atoms with Gasteiger partial charge >= 0.3 is 0 Å². The molecule has 0 saturated carbocycles. The van der Waals surface area contributed by atoms with Gasteiger partial charge in [-0.1, -0.05) is 49.5 Å². The summed E-state index contributed by atoms with van der Waals surface area (Å²) in [5.74, 6) is 6.38. The molecule has 98 valence electrons. The van der Waals surface area contributed by atoms with E-state index in [1.54, 1.807) is 0 Å². The van der Waals surface area contributed by atoms with Gasteiger partial charge in [-0.25, -0.2) is 0 Å². The third-order valence-corrected chi connectivity index (χ3v) is 2.91. The van der Waals surface area contributed by atoms with Crippen LogP contribution in [0.5, 0.6) is 0 Å². The van der Waals surface area contributed by atoms with Crippen LogP contribution >= 0.6 is 0 Å². The van der Waals surface area contributed by atoms with Gasteiger partial charge in [-0.3, -0.25) is 0 Å². The minimum absolute atomic E-state index is 1.06. The van der Waals surface area contributed by atoms with Gasteiger partial charge in [0.15, 0.2) is 0 Å². The van der Waals surface area contributed by atoms with Gasteiger partial charge < -0.3 is 0 Å². The molecule has 2 aromatic rings. The van der Waals surface area contributed by atoms with Gasteiger partial charge in [0.2, 0.25) is 0 Å². The lowest BCUT2D eigenvalue weighted by Gasteiger charge is -1.98. The van der Waals surface area contributed by atoms with Crippen molar-refractivity contribution in [1.82, 2.24) is 0 Å². The predicted molar refractivity (Wildman–Crippen MR) is 84.4 cm³/mol. The standard InChI is InChI=1S/C17H16.C2H6/c1-13-4-7-16(8-5-13)10-11-17-9-6-14(2)15(3)12-17;1-2/h4-9,12H,1-3H3;1-2H3. The molecule has 0 spiro atoms. The average Bonchev–Trinajstić information content (AvgIpc) is 2.44. The highest BCUT2D eigenvalue weighted by atomic mass is 14.0. The van der Waals surface area contributed by atoms with Crippen LogP contribution in [-0.4, -0.2) is 0 Å². The summed E-state index contributed by atoms with van der Waals surface area (Å²) in [4.78, 5) is 0. The summed E-state index contributed by atoms with van der Waals surface area (Å²) in [5.41, 5.74) is 6.01. The highest BCUT2D eigenvalue weighted by Gasteiger charge is 1.92. The van der Waals surface area contributed by atoms with Crippen molar-refractivity contribution in [2.45, 2.75) is 34.6 Å². The topological polar surface area (TPSA) is 0 Å². The fraction of sp³-hybridized carbons (Fsp3) is 0.263. The van der Waals surface area contributed by atoms with E-state index in [-0.39, 0.29) is 0 Å². The fourth-order valence-electron chi connectivity index (χ4n) is 1.60. The lowest BCUT2D eigenvalue weighted by atomic mass is 10.1. The second-order valence-electron chi connectivity index (χ2n) is 4.42. The SMILES string of the molecule is CC.Cc1ccc(C#Cc2ccc(C)c(C)c2)cc1. The summed E-state index contributed by atoms with van der Waals surface area (Å²) < 4.78 is 0. The summed E-state index contributed by atoms with van der Waals surface area (Å²) in [6, 6.07) is 14.6. The van der Waals surface area contributed by atoms with Crippen molar-refractivity contribution in [2.24, 2.45) is 0 Å². The molecule has 2 rings (SSSR count). The fourth-order valence-corrected chi connectivity index (χ4v) is 1.60. The van der Waals surface area contributed by atoms with Crippen LogP contribution in [0.2, 0.25) is 0 Å². The summed E-state index contributed by atoms with van der Waals surface area (Å²) >= 11 is 0. The summed E-state index contributed by atoms with van der Waals surface area (Å²) in [7, 11) is 0. The lowest BCUT2D eigenvalue weighted by molar-refractivity contribution is 1.33. The maximum atomic E-state index is 3.20. The molecular weight excluding hydrogens is 228 g/mol. The molecule has 0 aliphatic heterocycles. The van der Waals surface area contributed by atoms with E-state index >= 15 is 0 Å². The zero-order valence-electron chi connectivity index (χ0n) is 12.5. The van der Waals surface area contributed by atoms with Crippen LogP contribution in [0.25, 0.3) is 0 Å². The van der Waals surface area contributed by atoms with Crippen molar-refractivity contribution >= 4 is 0 Å². The largest absolute Gasteiger partial charge is 0.0683 e. The number of hydrogen-bond acceptors (Lipinski definition) is 0. The number of hydrogen-bond donors (Lipinski definition) is 0. The molecule has 0 aliphatic carbocycles. The van der Waals surface area contributed by atoms with Crippen LogP contribution in [0.3, 0.4) is 0 Å². The zero-order chi connectivity index (χ0) is 14.3. The van der Waals surface area contributed by atoms with Gasteiger partial charge in [0.1, 0.15) is 0 Å². The van der Waals surface area contributed by atoms with Crippen LogP contribution in [0.1, 0.15) is 41.7 Å². The van der Waals surface area contributed by atoms with Crippen molar-refractivity contribution in [3.05, 3.63) is 70.3 Å². The van der Waals surface area contributed by atoms with E-state index < -0.39 is 0 Å². The Morgan fingerprint density at radius 2 is 1.16 bits per heavy atom. The first-order chi connectivity index (χ1) is 9.15. The maximum absolute atomic E-state index is 3.20. The van der Waals surface area contributed by atoms with Crippen LogP contribution in [0, 0.1) is 32.6 Å². The van der Waals surface area contributed by atoms with Gasteiger partial charge in [0.05, 0.1) is 0 Å². The first kappa shape index (κ1) is 15.1. The second-order valence-corrected chi connectivity index (χ2v) is 4.42. The molecule has 2 aromatic carbocycles. The Morgan fingerprint density at radius 1 is 0.632 bits per heavy atom. The second kappa shape index (κ2) is 7.44. The zero-order valence-corrected chi connectivity index (χ0v) is 12.5. The molecule has 0 aliphatic rings. The molecule has 0 fully saturated rings. The first-order valence-electron chi connectivity index (χ1n) is 6.81. The third-order valence-electron chi connectivity index (χ3n) is 2.91. The molecule has 0 aromatic heterocycles. The van der Waals surface area contributed by atoms with E-state index in [9.17, 15) is 0 Å². The molecule has 0 heteroatoms. The van der Waals surface area contributed by atoms with Gasteiger partial charge in [0.25, 0.3) is 0 Å². The smallest absolute Gasteiger partial charge is 0.0251 e. The van der Waals surface area contributed by atoms with Crippen LogP contribution in [0.15, 0.2) is 42.5 Å². The van der Waals surface area contributed by atoms with Crippen molar-refractivity contribution in [2.75, 3.05) is 0 Å². The van der Waals surface area contributed by atoms with E-state index in [1.165, 1.54) is 16.7 Å². The van der Waals surface area contributed by atoms with E-state index in [4.69, 9.17) is 0 Å². The van der Waals surface area contributed by atoms with Gasteiger partial charge in [0, 0.05) is 11.1 Å². The van der Waals surface area contributed by atoms with Crippen LogP contribution in [-0.2, 0) is 0 Å². The molecule has 0 unspecified atom stereocenters. The molecule has 0 bridgehead atoms. The van der Waals surface area contributed by atoms with Crippen LogP contribution in [0.4, 0.5) is 0 Å². The Kier molecular flexibility index (Phi) is 5.90. The van der Waals surface area contributed by atoms with E-state index in [0.717, 1.165) is 11.1 Å². The molecule has 0 N–H and O–H groups in total. The highest BCUT2D eigenvalue weighted by Crippen LogP contribution is 2.09. The summed E-state index contributed by atoms with van der Waals surface area (Å²) in [5, 5.41) is 0. The van der Waals surface area contributed by atoms with Crippen molar-refractivity contribution in [3.63, 3.8) is 0 Å². The van der Waals surface area contributed by atoms with Crippen molar-refractivity contribution in [3.8, 4) is 11.8 Å². The maximum Gasteiger partial charge on any atom is 0.0251 e. The van der Waals surface area contributed by atoms with Gasteiger partial charge in [-0.15, -0.1) is 0 Å². The summed E-state index contributed by atoms with van der Waals surface area (Å²) in [6.07, 6.45) is 0. The monoisotopic (exact) mass is 250 g/mol. The van der Waals surface area contributed by atoms with Gasteiger partial charge in [-0.05, 0) is 56.2 Å². The predicted octanol–water partition coefficient (Wildman–Crippen LogP) is 5.04. The minimum atomic E-state index is 1.06. The Hall–Kier alpha value is -2.00. The van der Waals surface area contributed by atoms with Gasteiger partial charge in [-0.2, -0.15) is 0 Å². The van der Waals surface area contributed by atoms with E-state index in [1.807, 2.05) is 13.8 Å². The molecule has 0 saturated heterocycles. The highest BCUT2D eigenvalue weighted by molar-refractivity contribution is 5.45. The number of rotatable bonds is 0. The van der Waals surface area contributed by atoms with Crippen LogP contribution < -0.4 is 0 Å². The van der Waals surface area contributed by atoms with E-state index in [2.05, 4.69) is 75.1 Å². The van der Waals surface area contributed by atoms with Crippen molar-refractivity contribution < 1.29 is 0 Å². The number of aryl methyl sites for hydroxylation is 3. The molecule has 19 heavy (non-hydrogen) atoms. The van der Waals surface area contributed by atoms with Crippen molar-refractivity contribution in [1.29, 1.82) is 0 Å².